The lowest BCUT2D eigenvalue weighted by Gasteiger charge is -2.32. The van der Waals surface area contributed by atoms with Gasteiger partial charge in [0, 0.05) is 6.42 Å². The van der Waals surface area contributed by atoms with Crippen LogP contribution in [-0.4, -0.2) is 41.4 Å². The molecule has 6 heteroatoms. The fraction of sp³-hybridized carbons (Fsp3) is 0.533. The summed E-state index contributed by atoms with van der Waals surface area (Å²) in [4.78, 5) is 7.35. The third-order valence-corrected chi connectivity index (χ3v) is 4.39. The molecule has 0 bridgehead atoms. The summed E-state index contributed by atoms with van der Waals surface area (Å²) in [5.74, 6) is -0.282. The average Bonchev–Trinajstić information content (AvgIpc) is 3.04. The van der Waals surface area contributed by atoms with Crippen LogP contribution >= 0.6 is 0 Å². The smallest absolute Gasteiger partial charge is 0.294 e. The van der Waals surface area contributed by atoms with Gasteiger partial charge in [0.25, 0.3) is 6.01 Å². The van der Waals surface area contributed by atoms with Crippen LogP contribution in [0.3, 0.4) is 0 Å². The van der Waals surface area contributed by atoms with Gasteiger partial charge in [-0.1, -0.05) is 0 Å². The highest BCUT2D eigenvalue weighted by Gasteiger charge is 2.42. The molecule has 5 nitrogen and oxygen atoms in total. The van der Waals surface area contributed by atoms with Crippen molar-refractivity contribution in [2.45, 2.75) is 31.0 Å². The lowest BCUT2D eigenvalue weighted by atomic mass is 9.89. The number of hydrogen-bond donors (Lipinski definition) is 2. The molecule has 0 aliphatic carbocycles. The molecule has 2 aliphatic rings. The van der Waals surface area contributed by atoms with Crippen LogP contribution in [-0.2, 0) is 4.74 Å². The maximum atomic E-state index is 13.2. The first-order valence-electron chi connectivity index (χ1n) is 7.39. The first-order chi connectivity index (χ1) is 10.2. The van der Waals surface area contributed by atoms with Gasteiger partial charge in [-0.2, -0.15) is 4.98 Å². The third kappa shape index (κ3) is 2.49. The number of aromatic amines is 1. The Labute approximate surface area is 121 Å². The topological polar surface area (TPSA) is 59.2 Å². The number of fused-ring (bicyclic) bond motifs is 1. The van der Waals surface area contributed by atoms with Crippen molar-refractivity contribution in [2.75, 3.05) is 19.7 Å². The van der Waals surface area contributed by atoms with Gasteiger partial charge in [0.2, 0.25) is 0 Å². The van der Waals surface area contributed by atoms with Crippen molar-refractivity contribution in [1.82, 2.24) is 15.3 Å². The molecule has 112 valence electrons. The molecule has 2 aliphatic heterocycles. The van der Waals surface area contributed by atoms with E-state index in [9.17, 15) is 4.39 Å². The molecule has 0 radical (unpaired) electrons. The summed E-state index contributed by atoms with van der Waals surface area (Å²) < 4.78 is 25.1. The summed E-state index contributed by atoms with van der Waals surface area (Å²) in [6.07, 6.45) is 2.95. The number of imidazole rings is 1. The van der Waals surface area contributed by atoms with Crippen LogP contribution in [0.15, 0.2) is 18.2 Å². The maximum absolute atomic E-state index is 13.2. The fourth-order valence-electron chi connectivity index (χ4n) is 3.28. The molecule has 21 heavy (non-hydrogen) atoms. The Hall–Kier alpha value is -1.66. The van der Waals surface area contributed by atoms with E-state index in [1.165, 1.54) is 12.1 Å². The van der Waals surface area contributed by atoms with Crippen LogP contribution in [0.1, 0.15) is 19.3 Å². The quantitative estimate of drug-likeness (QED) is 0.888. The zero-order valence-corrected chi connectivity index (χ0v) is 11.7. The van der Waals surface area contributed by atoms with Crippen molar-refractivity contribution in [1.29, 1.82) is 0 Å². The highest BCUT2D eigenvalue weighted by Crippen LogP contribution is 2.35. The van der Waals surface area contributed by atoms with Gasteiger partial charge in [-0.15, -0.1) is 0 Å². The zero-order chi connectivity index (χ0) is 14.3. The minimum absolute atomic E-state index is 0.00788. The SMILES string of the molecule is Fc1ccc2nc(OC3COC4(CCNCC4)C3)[nH]c2c1. The highest BCUT2D eigenvalue weighted by molar-refractivity contribution is 5.75. The van der Waals surface area contributed by atoms with Crippen LogP contribution in [0.5, 0.6) is 6.01 Å². The normalized spacial score (nSPS) is 24.7. The molecule has 3 heterocycles. The molecule has 0 amide bonds. The first kappa shape index (κ1) is 13.0. The molecule has 2 N–H and O–H groups in total. The van der Waals surface area contributed by atoms with Gasteiger partial charge in [-0.3, -0.25) is 0 Å². The number of aromatic nitrogens is 2. The monoisotopic (exact) mass is 291 g/mol. The minimum Gasteiger partial charge on any atom is -0.459 e. The van der Waals surface area contributed by atoms with Gasteiger partial charge in [0.15, 0.2) is 0 Å². The molecule has 4 rings (SSSR count). The molecule has 1 aromatic carbocycles. The van der Waals surface area contributed by atoms with Gasteiger partial charge in [0.1, 0.15) is 11.9 Å². The van der Waals surface area contributed by atoms with E-state index in [1.807, 2.05) is 0 Å². The van der Waals surface area contributed by atoms with E-state index in [0.29, 0.717) is 23.7 Å². The molecule has 0 saturated carbocycles. The van der Waals surface area contributed by atoms with Gasteiger partial charge in [-0.25, -0.2) is 4.39 Å². The summed E-state index contributed by atoms with van der Waals surface area (Å²) in [6.45, 7) is 2.58. The minimum atomic E-state index is -0.282. The van der Waals surface area contributed by atoms with Crippen LogP contribution in [0.4, 0.5) is 4.39 Å². The van der Waals surface area contributed by atoms with Crippen molar-refractivity contribution in [3.05, 3.63) is 24.0 Å². The van der Waals surface area contributed by atoms with Crippen molar-refractivity contribution >= 4 is 11.0 Å². The number of nitrogens with one attached hydrogen (secondary N) is 2. The standard InChI is InChI=1S/C15H18FN3O2/c16-10-1-2-12-13(7-10)19-14(18-12)21-11-8-15(20-9-11)3-5-17-6-4-15/h1-2,7,11,17H,3-6,8-9H2,(H,18,19). The third-order valence-electron chi connectivity index (χ3n) is 4.39. The highest BCUT2D eigenvalue weighted by atomic mass is 19.1. The van der Waals surface area contributed by atoms with Crippen LogP contribution < -0.4 is 10.1 Å². The van der Waals surface area contributed by atoms with Crippen LogP contribution in [0, 0.1) is 5.82 Å². The molecular formula is C15H18FN3O2. The number of hydrogen-bond acceptors (Lipinski definition) is 4. The van der Waals surface area contributed by atoms with Crippen molar-refractivity contribution in [2.24, 2.45) is 0 Å². The van der Waals surface area contributed by atoms with E-state index >= 15 is 0 Å². The van der Waals surface area contributed by atoms with Gasteiger partial charge >= 0.3 is 0 Å². The number of rotatable bonds is 2. The zero-order valence-electron chi connectivity index (χ0n) is 11.7. The number of H-pyrrole nitrogens is 1. The Kier molecular flexibility index (Phi) is 3.08. The van der Waals surface area contributed by atoms with E-state index in [2.05, 4.69) is 15.3 Å². The van der Waals surface area contributed by atoms with E-state index in [4.69, 9.17) is 9.47 Å². The lowest BCUT2D eigenvalue weighted by Crippen LogP contribution is -2.41. The second kappa shape index (κ2) is 4.96. The first-order valence-corrected chi connectivity index (χ1v) is 7.39. The summed E-state index contributed by atoms with van der Waals surface area (Å²) in [7, 11) is 0. The van der Waals surface area contributed by atoms with E-state index in [0.717, 1.165) is 32.4 Å². The predicted octanol–water partition coefficient (Wildman–Crippen LogP) is 1.99. The van der Waals surface area contributed by atoms with E-state index in [1.54, 1.807) is 6.07 Å². The lowest BCUT2D eigenvalue weighted by molar-refractivity contribution is -0.0206. The number of piperidine rings is 1. The Bertz CT molecular complexity index is 651. The second-order valence-electron chi connectivity index (χ2n) is 5.89. The average molecular weight is 291 g/mol. The van der Waals surface area contributed by atoms with Gasteiger partial charge in [-0.05, 0) is 44.1 Å². The Morgan fingerprint density at radius 2 is 2.19 bits per heavy atom. The van der Waals surface area contributed by atoms with E-state index < -0.39 is 0 Å². The van der Waals surface area contributed by atoms with Gasteiger partial charge in [0.05, 0.1) is 23.2 Å². The van der Waals surface area contributed by atoms with Crippen molar-refractivity contribution in [3.63, 3.8) is 0 Å². The summed E-state index contributed by atoms with van der Waals surface area (Å²) in [5, 5.41) is 3.35. The molecule has 1 atom stereocenters. The van der Waals surface area contributed by atoms with Crippen LogP contribution in [0.2, 0.25) is 0 Å². The molecule has 2 saturated heterocycles. The van der Waals surface area contributed by atoms with Crippen LogP contribution in [0.25, 0.3) is 11.0 Å². The van der Waals surface area contributed by atoms with Crippen molar-refractivity contribution < 1.29 is 13.9 Å². The molecule has 1 unspecified atom stereocenters. The predicted molar refractivity (Wildman–Crippen MR) is 75.9 cm³/mol. The molecule has 1 aromatic heterocycles. The molecule has 2 fully saturated rings. The Balaban J connectivity index is 1.48. The van der Waals surface area contributed by atoms with Crippen molar-refractivity contribution in [3.8, 4) is 6.01 Å². The molecule has 2 aromatic rings. The largest absolute Gasteiger partial charge is 0.459 e. The second-order valence-corrected chi connectivity index (χ2v) is 5.89. The Morgan fingerprint density at radius 1 is 1.33 bits per heavy atom. The number of benzene rings is 1. The number of nitrogens with zero attached hydrogens (tertiary/aromatic N) is 1. The molecular weight excluding hydrogens is 273 g/mol. The maximum Gasteiger partial charge on any atom is 0.294 e. The fourth-order valence-corrected chi connectivity index (χ4v) is 3.28. The Morgan fingerprint density at radius 3 is 3.05 bits per heavy atom. The van der Waals surface area contributed by atoms with Gasteiger partial charge < -0.3 is 19.8 Å². The number of ether oxygens (including phenoxy) is 2. The summed E-state index contributed by atoms with van der Waals surface area (Å²) >= 11 is 0. The summed E-state index contributed by atoms with van der Waals surface area (Å²) in [6, 6.07) is 4.91. The number of halogens is 1. The molecule has 1 spiro atoms. The van der Waals surface area contributed by atoms with E-state index in [-0.39, 0.29) is 17.5 Å². The summed E-state index contributed by atoms with van der Waals surface area (Å²) in [5.41, 5.74) is 1.33.